The van der Waals surface area contributed by atoms with E-state index < -0.39 is 0 Å². The van der Waals surface area contributed by atoms with Gasteiger partial charge in [0.15, 0.2) is 0 Å². The minimum Gasteiger partial charge on any atom is -0.489 e. The van der Waals surface area contributed by atoms with E-state index in [2.05, 4.69) is 45.6 Å². The van der Waals surface area contributed by atoms with Gasteiger partial charge in [-0.1, -0.05) is 17.4 Å². The molecular formula is C26H31N5O3S. The number of H-pyrrole nitrogens is 1. The third-order valence-corrected chi connectivity index (χ3v) is 7.93. The molecule has 2 aromatic carbocycles. The molecule has 0 aliphatic carbocycles. The molecule has 2 aliphatic heterocycles. The van der Waals surface area contributed by atoms with E-state index in [-0.39, 0.29) is 22.7 Å². The van der Waals surface area contributed by atoms with Crippen LogP contribution < -0.4 is 20.2 Å². The first kappa shape index (κ1) is 23.6. The third-order valence-electron chi connectivity index (χ3n) is 7.05. The van der Waals surface area contributed by atoms with E-state index in [0.29, 0.717) is 18.7 Å². The smallest absolute Gasteiger partial charge is 0.322 e. The molecule has 1 fully saturated rings. The Morgan fingerprint density at radius 1 is 1.26 bits per heavy atom. The van der Waals surface area contributed by atoms with E-state index >= 15 is 0 Å². The van der Waals surface area contributed by atoms with Gasteiger partial charge in [0.25, 0.3) is 5.91 Å². The first-order chi connectivity index (χ1) is 16.9. The number of benzene rings is 2. The van der Waals surface area contributed by atoms with Gasteiger partial charge in [0.2, 0.25) is 0 Å². The summed E-state index contributed by atoms with van der Waals surface area (Å²) >= 11 is 1.11. The molecule has 3 aromatic rings. The molecule has 8 nitrogen and oxygen atoms in total. The maximum Gasteiger partial charge on any atom is 0.322 e. The van der Waals surface area contributed by atoms with Crippen LogP contribution >= 0.6 is 11.3 Å². The molecule has 0 bridgehead atoms. The number of likely N-dealkylation sites (N-methyl/N-ethyl adjacent to an activating group) is 1. The van der Waals surface area contributed by atoms with Crippen LogP contribution in [0.4, 0.5) is 5.69 Å². The van der Waals surface area contributed by atoms with E-state index in [4.69, 9.17) is 4.74 Å². The summed E-state index contributed by atoms with van der Waals surface area (Å²) in [5.74, 6) is 0.588. The zero-order chi connectivity index (χ0) is 24.5. The quantitative estimate of drug-likeness (QED) is 0.488. The van der Waals surface area contributed by atoms with Crippen LogP contribution in [0, 0.1) is 13.8 Å². The minimum atomic E-state index is -0.173. The summed E-state index contributed by atoms with van der Waals surface area (Å²) in [6.07, 6.45) is 2.19. The largest absolute Gasteiger partial charge is 0.489 e. The molecule has 3 heterocycles. The number of carbonyl (C=O) groups excluding carboxylic acids is 1. The van der Waals surface area contributed by atoms with Crippen molar-refractivity contribution in [2.45, 2.75) is 45.3 Å². The van der Waals surface area contributed by atoms with Crippen molar-refractivity contribution in [2.24, 2.45) is 0 Å². The van der Waals surface area contributed by atoms with Crippen molar-refractivity contribution in [2.75, 3.05) is 32.0 Å². The van der Waals surface area contributed by atoms with Gasteiger partial charge >= 0.3 is 4.87 Å². The van der Waals surface area contributed by atoms with Crippen LogP contribution in [0.15, 0.2) is 35.1 Å². The fourth-order valence-corrected chi connectivity index (χ4v) is 5.85. The summed E-state index contributed by atoms with van der Waals surface area (Å²) in [4.78, 5) is 26.5. The molecule has 9 heteroatoms. The topological polar surface area (TPSA) is 99.3 Å². The summed E-state index contributed by atoms with van der Waals surface area (Å²) in [6.45, 7) is 7.28. The van der Waals surface area contributed by atoms with Crippen LogP contribution in [0.2, 0.25) is 0 Å². The number of nitrogens with zero attached hydrogens (tertiary/aromatic N) is 2. The van der Waals surface area contributed by atoms with Gasteiger partial charge in [0.1, 0.15) is 17.4 Å². The number of ether oxygens (including phenoxy) is 1. The highest BCUT2D eigenvalue weighted by atomic mass is 32.1. The number of aryl methyl sites for hydroxylation is 1. The first-order valence-corrected chi connectivity index (χ1v) is 12.8. The molecule has 1 amide bonds. The highest BCUT2D eigenvalue weighted by Crippen LogP contribution is 2.32. The average Bonchev–Trinajstić information content (AvgIpc) is 3.45. The Morgan fingerprint density at radius 2 is 2.06 bits per heavy atom. The monoisotopic (exact) mass is 493 g/mol. The van der Waals surface area contributed by atoms with Crippen molar-refractivity contribution >= 4 is 22.9 Å². The molecule has 2 unspecified atom stereocenters. The number of aromatic amines is 1. The van der Waals surface area contributed by atoms with E-state index in [1.165, 1.54) is 27.9 Å². The zero-order valence-electron chi connectivity index (χ0n) is 20.3. The minimum absolute atomic E-state index is 0.00566. The number of likely N-dealkylation sites (tertiary alicyclic amines) is 1. The van der Waals surface area contributed by atoms with Crippen molar-refractivity contribution in [1.29, 1.82) is 0 Å². The molecule has 1 saturated heterocycles. The van der Waals surface area contributed by atoms with Gasteiger partial charge in [-0.2, -0.15) is 5.10 Å². The second-order valence-corrected chi connectivity index (χ2v) is 10.5. The van der Waals surface area contributed by atoms with Crippen molar-refractivity contribution in [3.63, 3.8) is 0 Å². The summed E-state index contributed by atoms with van der Waals surface area (Å²) in [5.41, 5.74) is 6.99. The number of fused-ring (bicyclic) bond motifs is 1. The number of aromatic nitrogens is 2. The summed E-state index contributed by atoms with van der Waals surface area (Å²) in [6, 6.07) is 9.41. The van der Waals surface area contributed by atoms with Crippen molar-refractivity contribution < 1.29 is 9.53 Å². The normalized spacial score (nSPS) is 19.7. The maximum atomic E-state index is 12.9. The predicted molar refractivity (Wildman–Crippen MR) is 138 cm³/mol. The molecule has 1 aromatic heterocycles. The Hall–Kier alpha value is -3.17. The number of anilines is 1. The lowest BCUT2D eigenvalue weighted by atomic mass is 9.92. The zero-order valence-corrected chi connectivity index (χ0v) is 21.1. The Labute approximate surface area is 208 Å². The number of rotatable bonds is 6. The number of nitrogens with one attached hydrogen (secondary N) is 3. The van der Waals surface area contributed by atoms with Crippen LogP contribution in [0.1, 0.15) is 50.0 Å². The standard InChI is InChI=1S/C26H31N5O3S/c1-15-11-18(20-5-4-10-27-23(20)16(15)2)14-34-19-8-6-17(7-9-19)24(32)28-22-13-31(3)12-21(22)25-29-30-26(33)35-25/h6-9,11,21-22,27H,4-5,10,12-14H2,1-3H3,(H,28,32)(H,30,33). The molecule has 0 radical (unpaired) electrons. The molecule has 0 spiro atoms. The van der Waals surface area contributed by atoms with Crippen LogP contribution in [-0.2, 0) is 13.0 Å². The number of carbonyl (C=O) groups is 1. The van der Waals surface area contributed by atoms with Gasteiger partial charge in [-0.05, 0) is 80.3 Å². The van der Waals surface area contributed by atoms with Crippen molar-refractivity contribution in [3.05, 3.63) is 72.8 Å². The number of amides is 1. The van der Waals surface area contributed by atoms with E-state index in [1.807, 2.05) is 19.2 Å². The summed E-state index contributed by atoms with van der Waals surface area (Å²) in [7, 11) is 2.00. The molecule has 3 N–H and O–H groups in total. The summed E-state index contributed by atoms with van der Waals surface area (Å²) < 4.78 is 6.11. The Kier molecular flexibility index (Phi) is 6.62. The lowest BCUT2D eigenvalue weighted by molar-refractivity contribution is 0.0935. The van der Waals surface area contributed by atoms with Crippen LogP contribution in [-0.4, -0.2) is 53.7 Å². The average molecular weight is 494 g/mol. The lowest BCUT2D eigenvalue weighted by Crippen LogP contribution is -2.39. The number of hydrogen-bond acceptors (Lipinski definition) is 7. The fourth-order valence-electron chi connectivity index (χ4n) is 5.09. The third kappa shape index (κ3) is 4.97. The van der Waals surface area contributed by atoms with Gasteiger partial charge < -0.3 is 20.3 Å². The van der Waals surface area contributed by atoms with E-state index in [0.717, 1.165) is 48.0 Å². The van der Waals surface area contributed by atoms with E-state index in [9.17, 15) is 9.59 Å². The molecule has 2 atom stereocenters. The molecule has 35 heavy (non-hydrogen) atoms. The van der Waals surface area contributed by atoms with Crippen LogP contribution in [0.25, 0.3) is 0 Å². The van der Waals surface area contributed by atoms with Gasteiger partial charge in [-0.25, -0.2) is 5.10 Å². The van der Waals surface area contributed by atoms with Gasteiger partial charge in [-0.3, -0.25) is 9.59 Å². The van der Waals surface area contributed by atoms with Gasteiger partial charge in [-0.15, -0.1) is 0 Å². The molecule has 5 rings (SSSR count). The Bertz CT molecular complexity index is 1280. The van der Waals surface area contributed by atoms with E-state index in [1.54, 1.807) is 12.1 Å². The highest BCUT2D eigenvalue weighted by molar-refractivity contribution is 7.08. The van der Waals surface area contributed by atoms with Crippen LogP contribution in [0.5, 0.6) is 5.75 Å². The summed E-state index contributed by atoms with van der Waals surface area (Å²) in [5, 5.41) is 14.0. The van der Waals surface area contributed by atoms with Crippen molar-refractivity contribution in [3.8, 4) is 5.75 Å². The molecular weight excluding hydrogens is 462 g/mol. The second-order valence-electron chi connectivity index (χ2n) is 9.53. The second kappa shape index (κ2) is 9.83. The fraction of sp³-hybridized carbons (Fsp3) is 0.423. The first-order valence-electron chi connectivity index (χ1n) is 12.0. The van der Waals surface area contributed by atoms with Gasteiger partial charge in [0.05, 0.1) is 6.04 Å². The molecule has 0 saturated carbocycles. The van der Waals surface area contributed by atoms with Crippen LogP contribution in [0.3, 0.4) is 0 Å². The van der Waals surface area contributed by atoms with Gasteiger partial charge in [0, 0.05) is 36.8 Å². The predicted octanol–water partition coefficient (Wildman–Crippen LogP) is 3.21. The molecule has 2 aliphatic rings. The number of hydrogen-bond donors (Lipinski definition) is 3. The lowest BCUT2D eigenvalue weighted by Gasteiger charge is -2.25. The van der Waals surface area contributed by atoms with Crippen molar-refractivity contribution in [1.82, 2.24) is 20.4 Å². The Balaban J connectivity index is 1.24. The Morgan fingerprint density at radius 3 is 2.80 bits per heavy atom. The SMILES string of the molecule is Cc1cc(COc2ccc(C(=O)NC3CN(C)CC3c3n[nH]c(=O)s3)cc2)c2c(c1C)NCCC2. The highest BCUT2D eigenvalue weighted by Gasteiger charge is 2.35. The maximum absolute atomic E-state index is 12.9. The molecule has 184 valence electrons.